The third kappa shape index (κ3) is 4.85. The van der Waals surface area contributed by atoms with Gasteiger partial charge in [0.2, 0.25) is 0 Å². The number of hydrogen-bond donors (Lipinski definition) is 2. The Bertz CT molecular complexity index is 572. The monoisotopic (exact) mass is 297 g/mol. The van der Waals surface area contributed by atoms with Crippen LogP contribution in [0.5, 0.6) is 0 Å². The second-order valence-corrected chi connectivity index (χ2v) is 6.58. The first kappa shape index (κ1) is 16.5. The first-order valence-electron chi connectivity index (χ1n) is 6.70. The summed E-state index contributed by atoms with van der Waals surface area (Å²) in [6.07, 6.45) is 1.22. The zero-order valence-corrected chi connectivity index (χ0v) is 13.3. The molecule has 0 saturated heterocycles. The van der Waals surface area contributed by atoms with E-state index in [1.54, 1.807) is 13.0 Å². The lowest BCUT2D eigenvalue weighted by molar-refractivity contribution is 0.601. The highest BCUT2D eigenvalue weighted by Gasteiger charge is 2.10. The summed E-state index contributed by atoms with van der Waals surface area (Å²) in [6, 6.07) is 5.33. The van der Waals surface area contributed by atoms with Crippen molar-refractivity contribution >= 4 is 15.8 Å². The Morgan fingerprint density at radius 2 is 1.80 bits per heavy atom. The van der Waals surface area contributed by atoms with E-state index in [1.807, 2.05) is 26.0 Å². The molecule has 6 heteroatoms. The highest BCUT2D eigenvalue weighted by atomic mass is 32.2. The zero-order chi connectivity index (χ0) is 15.2. The van der Waals surface area contributed by atoms with Crippen molar-refractivity contribution in [3.63, 3.8) is 0 Å². The summed E-state index contributed by atoms with van der Waals surface area (Å²) in [5.74, 6) is 0.764. The zero-order valence-electron chi connectivity index (χ0n) is 12.5. The van der Waals surface area contributed by atoms with E-state index < -0.39 is 9.84 Å². The molecule has 0 bridgehead atoms. The molecule has 0 aliphatic heterocycles. The van der Waals surface area contributed by atoms with Gasteiger partial charge in [-0.2, -0.15) is 0 Å². The number of nitrogens with zero attached hydrogens (tertiary/aromatic N) is 1. The van der Waals surface area contributed by atoms with Crippen LogP contribution in [0.15, 0.2) is 28.1 Å². The van der Waals surface area contributed by atoms with E-state index in [4.69, 9.17) is 0 Å². The van der Waals surface area contributed by atoms with Gasteiger partial charge in [-0.1, -0.05) is 12.1 Å². The first-order chi connectivity index (χ1) is 9.38. The number of aliphatic imine (C=N–C) groups is 1. The lowest BCUT2D eigenvalue weighted by Crippen LogP contribution is -2.36. The van der Waals surface area contributed by atoms with Crippen molar-refractivity contribution in [1.82, 2.24) is 10.6 Å². The Balaban J connectivity index is 2.89. The van der Waals surface area contributed by atoms with Crippen LogP contribution in [0.1, 0.15) is 25.0 Å². The standard InChI is InChI=1S/C14H23N3O2S/c1-5-15-14(16-6-2)17-10-12-7-8-13(11(3)9-12)20(4,18)19/h7-9H,5-6,10H2,1-4H3,(H2,15,16,17). The van der Waals surface area contributed by atoms with Crippen LogP contribution in [0, 0.1) is 6.92 Å². The van der Waals surface area contributed by atoms with E-state index in [2.05, 4.69) is 15.6 Å². The number of aryl methyl sites for hydroxylation is 1. The molecule has 112 valence electrons. The Morgan fingerprint density at radius 1 is 1.20 bits per heavy atom. The van der Waals surface area contributed by atoms with Crippen LogP contribution in [0.3, 0.4) is 0 Å². The SMILES string of the molecule is CCNC(=NCc1ccc(S(C)(=O)=O)c(C)c1)NCC. The van der Waals surface area contributed by atoms with Crippen molar-refractivity contribution in [2.24, 2.45) is 4.99 Å². The van der Waals surface area contributed by atoms with Crippen LogP contribution in [0.4, 0.5) is 0 Å². The molecule has 0 atom stereocenters. The largest absolute Gasteiger partial charge is 0.357 e. The van der Waals surface area contributed by atoms with Crippen molar-refractivity contribution in [2.45, 2.75) is 32.2 Å². The molecule has 2 N–H and O–H groups in total. The van der Waals surface area contributed by atoms with E-state index in [-0.39, 0.29) is 0 Å². The van der Waals surface area contributed by atoms with E-state index in [0.29, 0.717) is 11.4 Å². The molecule has 0 amide bonds. The number of sulfone groups is 1. The van der Waals surface area contributed by atoms with Gasteiger partial charge in [0.25, 0.3) is 0 Å². The maximum atomic E-state index is 11.6. The second-order valence-electron chi connectivity index (χ2n) is 4.60. The van der Waals surface area contributed by atoms with Gasteiger partial charge in [-0.25, -0.2) is 13.4 Å². The van der Waals surface area contributed by atoms with Crippen LogP contribution in [0.2, 0.25) is 0 Å². The molecule has 0 heterocycles. The fourth-order valence-corrected chi connectivity index (χ4v) is 2.86. The summed E-state index contributed by atoms with van der Waals surface area (Å²) in [7, 11) is -3.16. The minimum absolute atomic E-state index is 0.379. The number of rotatable bonds is 5. The number of guanidine groups is 1. The molecule has 5 nitrogen and oxygen atoms in total. The normalized spacial score (nSPS) is 11.0. The summed E-state index contributed by atoms with van der Waals surface area (Å²) in [5, 5.41) is 6.29. The van der Waals surface area contributed by atoms with Crippen molar-refractivity contribution in [1.29, 1.82) is 0 Å². The molecule has 1 rings (SSSR count). The van der Waals surface area contributed by atoms with Crippen molar-refractivity contribution in [3.8, 4) is 0 Å². The van der Waals surface area contributed by atoms with Gasteiger partial charge in [0, 0.05) is 19.3 Å². The average Bonchev–Trinajstić information content (AvgIpc) is 2.35. The fourth-order valence-electron chi connectivity index (χ4n) is 1.91. The van der Waals surface area contributed by atoms with Crippen LogP contribution >= 0.6 is 0 Å². The Morgan fingerprint density at radius 3 is 2.25 bits per heavy atom. The Labute approximate surface area is 121 Å². The van der Waals surface area contributed by atoms with Gasteiger partial charge in [0.15, 0.2) is 15.8 Å². The summed E-state index contributed by atoms with van der Waals surface area (Å²) >= 11 is 0. The van der Waals surface area contributed by atoms with E-state index in [9.17, 15) is 8.42 Å². The molecule has 0 radical (unpaired) electrons. The Hall–Kier alpha value is -1.56. The molecular weight excluding hydrogens is 274 g/mol. The maximum absolute atomic E-state index is 11.6. The molecule has 0 unspecified atom stereocenters. The van der Waals surface area contributed by atoms with Crippen LogP contribution in [0.25, 0.3) is 0 Å². The van der Waals surface area contributed by atoms with E-state index in [0.717, 1.165) is 30.2 Å². The molecule has 0 spiro atoms. The summed E-state index contributed by atoms with van der Waals surface area (Å²) in [5.41, 5.74) is 1.75. The Kier molecular flexibility index (Phi) is 6.01. The predicted octanol–water partition coefficient (Wildman–Crippen LogP) is 1.47. The van der Waals surface area contributed by atoms with Gasteiger partial charge in [-0.15, -0.1) is 0 Å². The lowest BCUT2D eigenvalue weighted by Gasteiger charge is -2.10. The summed E-state index contributed by atoms with van der Waals surface area (Å²) in [4.78, 5) is 4.83. The second kappa shape index (κ2) is 7.28. The third-order valence-electron chi connectivity index (χ3n) is 2.75. The minimum atomic E-state index is -3.16. The molecule has 0 saturated carbocycles. The number of nitrogens with one attached hydrogen (secondary N) is 2. The third-order valence-corrected chi connectivity index (χ3v) is 4.00. The predicted molar refractivity (Wildman–Crippen MR) is 82.8 cm³/mol. The van der Waals surface area contributed by atoms with Crippen molar-refractivity contribution in [3.05, 3.63) is 29.3 Å². The number of benzene rings is 1. The maximum Gasteiger partial charge on any atom is 0.191 e. The smallest absolute Gasteiger partial charge is 0.191 e. The topological polar surface area (TPSA) is 70.6 Å². The highest BCUT2D eigenvalue weighted by Crippen LogP contribution is 2.17. The van der Waals surface area contributed by atoms with E-state index >= 15 is 0 Å². The molecule has 1 aromatic rings. The molecule has 0 aromatic heterocycles. The van der Waals surface area contributed by atoms with Crippen molar-refractivity contribution < 1.29 is 8.42 Å². The molecule has 0 aliphatic carbocycles. The molecule has 1 aromatic carbocycles. The van der Waals surface area contributed by atoms with Gasteiger partial charge < -0.3 is 10.6 Å². The van der Waals surface area contributed by atoms with Gasteiger partial charge in [-0.05, 0) is 38.0 Å². The van der Waals surface area contributed by atoms with Gasteiger partial charge in [0.1, 0.15) is 0 Å². The summed E-state index contributed by atoms with van der Waals surface area (Å²) in [6.45, 7) is 7.95. The van der Waals surface area contributed by atoms with Gasteiger partial charge in [-0.3, -0.25) is 0 Å². The minimum Gasteiger partial charge on any atom is -0.357 e. The van der Waals surface area contributed by atoms with Crippen LogP contribution < -0.4 is 10.6 Å². The van der Waals surface area contributed by atoms with Crippen LogP contribution in [-0.4, -0.2) is 33.7 Å². The first-order valence-corrected chi connectivity index (χ1v) is 8.59. The van der Waals surface area contributed by atoms with E-state index in [1.165, 1.54) is 6.26 Å². The highest BCUT2D eigenvalue weighted by molar-refractivity contribution is 7.90. The molecule has 0 fully saturated rings. The average molecular weight is 297 g/mol. The summed E-state index contributed by atoms with van der Waals surface area (Å²) < 4.78 is 23.1. The molecule has 0 aliphatic rings. The lowest BCUT2D eigenvalue weighted by atomic mass is 10.1. The quantitative estimate of drug-likeness (QED) is 0.638. The molecular formula is C14H23N3O2S. The molecule has 20 heavy (non-hydrogen) atoms. The fraction of sp³-hybridized carbons (Fsp3) is 0.500. The van der Waals surface area contributed by atoms with Crippen LogP contribution in [-0.2, 0) is 16.4 Å². The van der Waals surface area contributed by atoms with Crippen molar-refractivity contribution in [2.75, 3.05) is 19.3 Å². The van der Waals surface area contributed by atoms with Gasteiger partial charge >= 0.3 is 0 Å². The number of hydrogen-bond acceptors (Lipinski definition) is 3. The van der Waals surface area contributed by atoms with Gasteiger partial charge in [0.05, 0.1) is 11.4 Å².